The van der Waals surface area contributed by atoms with E-state index < -0.39 is 11.7 Å². The average Bonchev–Trinajstić information content (AvgIpc) is 2.59. The molecule has 0 aliphatic carbocycles. The summed E-state index contributed by atoms with van der Waals surface area (Å²) in [5.41, 5.74) is -0.0991. The Morgan fingerprint density at radius 3 is 2.54 bits per heavy atom. The van der Waals surface area contributed by atoms with Crippen molar-refractivity contribution < 1.29 is 18.0 Å². The Morgan fingerprint density at radius 2 is 1.96 bits per heavy atom. The molecule has 0 radical (unpaired) electrons. The molecule has 1 atom stereocenters. The van der Waals surface area contributed by atoms with Gasteiger partial charge in [0, 0.05) is 19.0 Å². The van der Waals surface area contributed by atoms with Gasteiger partial charge in [-0.25, -0.2) is 0 Å². The summed E-state index contributed by atoms with van der Waals surface area (Å²) >= 11 is 0. The summed E-state index contributed by atoms with van der Waals surface area (Å²) in [5, 5.41) is 3.29. The molecule has 0 aromatic heterocycles. The van der Waals surface area contributed by atoms with Gasteiger partial charge in [-0.15, -0.1) is 12.4 Å². The minimum atomic E-state index is -4.36. The molecule has 2 rings (SSSR count). The van der Waals surface area contributed by atoms with Crippen LogP contribution in [-0.2, 0) is 11.0 Å². The molecule has 1 heterocycles. The van der Waals surface area contributed by atoms with Crippen LogP contribution in [0.5, 0.6) is 0 Å². The van der Waals surface area contributed by atoms with E-state index in [4.69, 9.17) is 0 Å². The Bertz CT molecular complexity index is 574. The highest BCUT2D eigenvalue weighted by atomic mass is 35.5. The number of nitrogens with one attached hydrogen (secondary N) is 1. The lowest BCUT2D eigenvalue weighted by atomic mass is 9.94. The van der Waals surface area contributed by atoms with Crippen molar-refractivity contribution in [2.24, 2.45) is 0 Å². The van der Waals surface area contributed by atoms with Crippen LogP contribution in [0.25, 0.3) is 0 Å². The van der Waals surface area contributed by atoms with E-state index in [9.17, 15) is 18.0 Å². The fourth-order valence-electron chi connectivity index (χ4n) is 3.39. The van der Waals surface area contributed by atoms with E-state index >= 15 is 0 Å². The van der Waals surface area contributed by atoms with Crippen molar-refractivity contribution in [3.05, 3.63) is 35.4 Å². The molecule has 1 aromatic rings. The van der Waals surface area contributed by atoms with Gasteiger partial charge in [0.1, 0.15) is 0 Å². The molecule has 1 unspecified atom stereocenters. The van der Waals surface area contributed by atoms with Crippen molar-refractivity contribution in [3.8, 4) is 0 Å². The molecule has 0 saturated carbocycles. The number of amides is 1. The topological polar surface area (TPSA) is 32.3 Å². The van der Waals surface area contributed by atoms with Crippen LogP contribution in [0.15, 0.2) is 24.3 Å². The Labute approximate surface area is 159 Å². The predicted molar refractivity (Wildman–Crippen MR) is 99.6 cm³/mol. The zero-order valence-corrected chi connectivity index (χ0v) is 16.1. The van der Waals surface area contributed by atoms with Crippen molar-refractivity contribution >= 4 is 18.3 Å². The van der Waals surface area contributed by atoms with Crippen LogP contribution in [0.3, 0.4) is 0 Å². The van der Waals surface area contributed by atoms with Gasteiger partial charge in [-0.2, -0.15) is 13.2 Å². The van der Waals surface area contributed by atoms with Crippen molar-refractivity contribution in [1.29, 1.82) is 0 Å². The molecule has 1 aliphatic heterocycles. The van der Waals surface area contributed by atoms with Crippen LogP contribution in [0.4, 0.5) is 13.2 Å². The number of halogens is 4. The van der Waals surface area contributed by atoms with E-state index in [0.717, 1.165) is 44.5 Å². The van der Waals surface area contributed by atoms with Gasteiger partial charge in [0.25, 0.3) is 0 Å². The Balaban J connectivity index is 0.00000338. The Hall–Kier alpha value is -1.27. The van der Waals surface area contributed by atoms with Gasteiger partial charge in [-0.3, -0.25) is 4.79 Å². The number of nitrogens with zero attached hydrogens (tertiary/aromatic N) is 1. The molecule has 1 amide bonds. The van der Waals surface area contributed by atoms with Crippen molar-refractivity contribution in [3.63, 3.8) is 0 Å². The summed E-state index contributed by atoms with van der Waals surface area (Å²) in [6.07, 6.45) is -1.37. The molecule has 1 aliphatic rings. The van der Waals surface area contributed by atoms with E-state index in [2.05, 4.69) is 5.32 Å². The second-order valence-corrected chi connectivity index (χ2v) is 6.80. The highest BCUT2D eigenvalue weighted by molar-refractivity contribution is 5.85. The van der Waals surface area contributed by atoms with E-state index in [-0.39, 0.29) is 36.7 Å². The zero-order valence-electron chi connectivity index (χ0n) is 15.3. The monoisotopic (exact) mass is 392 g/mol. The zero-order chi connectivity index (χ0) is 18.4. The van der Waals surface area contributed by atoms with Gasteiger partial charge in [-0.1, -0.05) is 32.0 Å². The molecule has 7 heteroatoms. The molecule has 148 valence electrons. The fourth-order valence-corrected chi connectivity index (χ4v) is 3.39. The molecule has 1 aromatic carbocycles. The van der Waals surface area contributed by atoms with Crippen molar-refractivity contribution in [2.45, 2.75) is 57.7 Å². The van der Waals surface area contributed by atoms with E-state index in [1.54, 1.807) is 6.07 Å². The van der Waals surface area contributed by atoms with E-state index in [0.29, 0.717) is 12.1 Å². The van der Waals surface area contributed by atoms with Crippen molar-refractivity contribution in [1.82, 2.24) is 10.2 Å². The van der Waals surface area contributed by atoms with Crippen LogP contribution in [0.1, 0.15) is 56.6 Å². The quantitative estimate of drug-likeness (QED) is 0.766. The third-order valence-corrected chi connectivity index (χ3v) is 4.80. The summed E-state index contributed by atoms with van der Waals surface area (Å²) in [6.45, 7) is 6.37. The number of benzene rings is 1. The van der Waals surface area contributed by atoms with E-state index in [1.165, 1.54) is 6.07 Å². The first-order valence-corrected chi connectivity index (χ1v) is 9.00. The van der Waals surface area contributed by atoms with Crippen molar-refractivity contribution in [2.75, 3.05) is 19.6 Å². The largest absolute Gasteiger partial charge is 0.416 e. The first kappa shape index (κ1) is 22.8. The fraction of sp³-hybridized carbons (Fsp3) is 0.632. The van der Waals surface area contributed by atoms with E-state index in [1.807, 2.05) is 18.7 Å². The second kappa shape index (κ2) is 10.2. The molecule has 1 fully saturated rings. The van der Waals surface area contributed by atoms with Gasteiger partial charge in [0.2, 0.25) is 5.91 Å². The lowest BCUT2D eigenvalue weighted by Crippen LogP contribution is -2.46. The third-order valence-electron chi connectivity index (χ3n) is 4.80. The first-order chi connectivity index (χ1) is 11.8. The van der Waals surface area contributed by atoms with Crippen LogP contribution in [-0.4, -0.2) is 36.5 Å². The number of alkyl halides is 3. The Kier molecular flexibility index (Phi) is 8.90. The summed E-state index contributed by atoms with van der Waals surface area (Å²) in [6, 6.07) is 5.54. The van der Waals surface area contributed by atoms with Crippen LogP contribution >= 0.6 is 12.4 Å². The number of carbonyl (C=O) groups excluding carboxylic acids is 1. The molecule has 1 N–H and O–H groups in total. The average molecular weight is 393 g/mol. The van der Waals surface area contributed by atoms with Gasteiger partial charge >= 0.3 is 6.18 Å². The molecular formula is C19H28ClF3N2O. The molecule has 1 saturated heterocycles. The second-order valence-electron chi connectivity index (χ2n) is 6.80. The number of hydrogen-bond donors (Lipinski definition) is 1. The number of carbonyl (C=O) groups is 1. The molecule has 3 nitrogen and oxygen atoms in total. The lowest BCUT2D eigenvalue weighted by molar-refractivity contribution is -0.137. The van der Waals surface area contributed by atoms with Crippen LogP contribution in [0, 0.1) is 0 Å². The maximum Gasteiger partial charge on any atom is 0.416 e. The SMILES string of the molecule is CCCN(C(=O)CC(C)c1cccc(C(F)(F)F)c1)C1CCNCC1.Cl. The molecule has 0 bridgehead atoms. The maximum absolute atomic E-state index is 12.9. The molecule has 0 spiro atoms. The van der Waals surface area contributed by atoms with Gasteiger partial charge in [0.05, 0.1) is 5.56 Å². The minimum Gasteiger partial charge on any atom is -0.340 e. The van der Waals surface area contributed by atoms with Gasteiger partial charge in [0.15, 0.2) is 0 Å². The molecular weight excluding hydrogens is 365 g/mol. The standard InChI is InChI=1S/C19H27F3N2O.ClH/c1-3-11-24(17-7-9-23-10-8-17)18(25)12-14(2)15-5-4-6-16(13-15)19(20,21)22;/h4-6,13-14,17,23H,3,7-12H2,1-2H3;1H. The maximum atomic E-state index is 12.9. The normalized spacial score (nSPS) is 16.7. The first-order valence-electron chi connectivity index (χ1n) is 9.00. The smallest absolute Gasteiger partial charge is 0.340 e. The summed E-state index contributed by atoms with van der Waals surface area (Å²) in [4.78, 5) is 14.7. The number of piperidine rings is 1. The minimum absolute atomic E-state index is 0. The highest BCUT2D eigenvalue weighted by Gasteiger charge is 2.31. The Morgan fingerprint density at radius 1 is 1.31 bits per heavy atom. The molecule has 26 heavy (non-hydrogen) atoms. The number of rotatable bonds is 6. The summed E-state index contributed by atoms with van der Waals surface area (Å²) < 4.78 is 38.7. The summed E-state index contributed by atoms with van der Waals surface area (Å²) in [5.74, 6) is -0.200. The highest BCUT2D eigenvalue weighted by Crippen LogP contribution is 2.32. The van der Waals surface area contributed by atoms with Gasteiger partial charge < -0.3 is 10.2 Å². The third kappa shape index (κ3) is 6.16. The van der Waals surface area contributed by atoms with Gasteiger partial charge in [-0.05, 0) is 49.9 Å². The lowest BCUT2D eigenvalue weighted by Gasteiger charge is -2.35. The predicted octanol–water partition coefficient (Wildman–Crippen LogP) is 4.61. The van der Waals surface area contributed by atoms with Crippen LogP contribution < -0.4 is 5.32 Å². The van der Waals surface area contributed by atoms with Crippen LogP contribution in [0.2, 0.25) is 0 Å². The summed E-state index contributed by atoms with van der Waals surface area (Å²) in [7, 11) is 0. The number of hydrogen-bond acceptors (Lipinski definition) is 2.